The van der Waals surface area contributed by atoms with Crippen molar-refractivity contribution in [3.8, 4) is 0 Å². The standard InChI is InChI=1S/C16H28N6.HI/c1-3-17-15(18-11-16(2)8-4-5-9-16)21-13-6-7-14-19-12-20-22(14)10-13;/h12-13H,3-11H2,1-2H3,(H2,17,18,21);1H. The molecule has 0 bridgehead atoms. The molecule has 7 heteroatoms. The van der Waals surface area contributed by atoms with Crippen LogP contribution in [0.15, 0.2) is 11.3 Å². The molecule has 1 unspecified atom stereocenters. The third-order valence-corrected chi connectivity index (χ3v) is 4.92. The summed E-state index contributed by atoms with van der Waals surface area (Å²) in [7, 11) is 0. The fourth-order valence-electron chi connectivity index (χ4n) is 3.53. The van der Waals surface area contributed by atoms with Gasteiger partial charge >= 0.3 is 0 Å². The summed E-state index contributed by atoms with van der Waals surface area (Å²) in [6.07, 6.45) is 9.04. The molecule has 0 spiro atoms. The van der Waals surface area contributed by atoms with Crippen LogP contribution in [0.2, 0.25) is 0 Å². The molecule has 1 fully saturated rings. The monoisotopic (exact) mass is 432 g/mol. The molecule has 0 aromatic carbocycles. The molecule has 0 radical (unpaired) electrons. The Kier molecular flexibility index (Phi) is 6.67. The number of aliphatic imine (C=N–C) groups is 1. The van der Waals surface area contributed by atoms with E-state index >= 15 is 0 Å². The lowest BCUT2D eigenvalue weighted by Gasteiger charge is -2.26. The minimum absolute atomic E-state index is 0. The Hall–Kier alpha value is -0.860. The van der Waals surface area contributed by atoms with E-state index < -0.39 is 0 Å². The van der Waals surface area contributed by atoms with Gasteiger partial charge in [-0.05, 0) is 31.6 Å². The minimum Gasteiger partial charge on any atom is -0.357 e. The summed E-state index contributed by atoms with van der Waals surface area (Å²) < 4.78 is 2.00. The zero-order valence-corrected chi connectivity index (χ0v) is 16.5. The van der Waals surface area contributed by atoms with Gasteiger partial charge in [0.15, 0.2) is 5.96 Å². The minimum atomic E-state index is 0. The molecule has 0 saturated heterocycles. The first-order valence-corrected chi connectivity index (χ1v) is 8.60. The second kappa shape index (κ2) is 8.30. The van der Waals surface area contributed by atoms with Gasteiger partial charge in [0.25, 0.3) is 0 Å². The average molecular weight is 432 g/mol. The lowest BCUT2D eigenvalue weighted by molar-refractivity contribution is 0.348. The molecule has 3 rings (SSSR count). The largest absolute Gasteiger partial charge is 0.357 e. The van der Waals surface area contributed by atoms with Gasteiger partial charge in [0.1, 0.15) is 12.2 Å². The molecule has 23 heavy (non-hydrogen) atoms. The van der Waals surface area contributed by atoms with E-state index in [-0.39, 0.29) is 24.0 Å². The molecule has 1 aromatic rings. The number of aromatic nitrogens is 3. The predicted molar refractivity (Wildman–Crippen MR) is 103 cm³/mol. The van der Waals surface area contributed by atoms with Gasteiger partial charge in [-0.1, -0.05) is 19.8 Å². The highest BCUT2D eigenvalue weighted by Crippen LogP contribution is 2.37. The number of aryl methyl sites for hydroxylation is 1. The Morgan fingerprint density at radius 3 is 2.96 bits per heavy atom. The number of guanidine groups is 1. The van der Waals surface area contributed by atoms with Gasteiger partial charge in [-0.15, -0.1) is 24.0 Å². The van der Waals surface area contributed by atoms with Crippen LogP contribution in [-0.4, -0.2) is 39.9 Å². The van der Waals surface area contributed by atoms with E-state index in [9.17, 15) is 0 Å². The molecule has 1 atom stereocenters. The second-order valence-corrected chi connectivity index (χ2v) is 6.95. The number of fused-ring (bicyclic) bond motifs is 1. The third-order valence-electron chi connectivity index (χ3n) is 4.92. The summed E-state index contributed by atoms with van der Waals surface area (Å²) in [6, 6.07) is 0.378. The maximum atomic E-state index is 4.85. The van der Waals surface area contributed by atoms with E-state index in [0.29, 0.717) is 11.5 Å². The molecule has 130 valence electrons. The fraction of sp³-hybridized carbons (Fsp3) is 0.812. The fourth-order valence-corrected chi connectivity index (χ4v) is 3.53. The zero-order valence-electron chi connectivity index (χ0n) is 14.2. The molecule has 2 heterocycles. The second-order valence-electron chi connectivity index (χ2n) is 6.95. The van der Waals surface area contributed by atoms with E-state index in [4.69, 9.17) is 4.99 Å². The van der Waals surface area contributed by atoms with Crippen LogP contribution in [0.5, 0.6) is 0 Å². The first kappa shape index (κ1) is 18.5. The average Bonchev–Trinajstić information content (AvgIpc) is 3.14. The van der Waals surface area contributed by atoms with Crippen molar-refractivity contribution in [3.63, 3.8) is 0 Å². The molecule has 1 aliphatic heterocycles. The van der Waals surface area contributed by atoms with E-state index in [1.807, 2.05) is 4.68 Å². The van der Waals surface area contributed by atoms with Gasteiger partial charge in [-0.2, -0.15) is 5.10 Å². The van der Waals surface area contributed by atoms with Crippen molar-refractivity contribution in [1.82, 2.24) is 25.4 Å². The van der Waals surface area contributed by atoms with E-state index in [2.05, 4.69) is 34.6 Å². The first-order chi connectivity index (χ1) is 10.7. The molecular weight excluding hydrogens is 403 g/mol. The number of halogens is 1. The van der Waals surface area contributed by atoms with Crippen molar-refractivity contribution in [3.05, 3.63) is 12.2 Å². The molecule has 1 saturated carbocycles. The van der Waals surface area contributed by atoms with Crippen LogP contribution in [0.1, 0.15) is 51.8 Å². The van der Waals surface area contributed by atoms with Crippen LogP contribution < -0.4 is 10.6 Å². The van der Waals surface area contributed by atoms with Crippen LogP contribution in [0.3, 0.4) is 0 Å². The zero-order chi connectivity index (χ0) is 15.4. The van der Waals surface area contributed by atoms with Crippen molar-refractivity contribution < 1.29 is 0 Å². The summed E-state index contributed by atoms with van der Waals surface area (Å²) in [5.41, 5.74) is 0.397. The SMILES string of the molecule is CCNC(=NCC1(C)CCCC1)NC1CCc2ncnn2C1.I. The number of nitrogens with one attached hydrogen (secondary N) is 2. The van der Waals surface area contributed by atoms with Gasteiger partial charge < -0.3 is 10.6 Å². The molecule has 2 N–H and O–H groups in total. The van der Waals surface area contributed by atoms with Crippen molar-refractivity contribution in [2.45, 2.75) is 65.0 Å². The lowest BCUT2D eigenvalue weighted by atomic mass is 9.89. The highest BCUT2D eigenvalue weighted by molar-refractivity contribution is 14.0. The van der Waals surface area contributed by atoms with Crippen LogP contribution in [0, 0.1) is 5.41 Å². The van der Waals surface area contributed by atoms with Crippen molar-refractivity contribution >= 4 is 29.9 Å². The molecule has 2 aliphatic rings. The number of hydrogen-bond donors (Lipinski definition) is 2. The smallest absolute Gasteiger partial charge is 0.191 e. The lowest BCUT2D eigenvalue weighted by Crippen LogP contribution is -2.47. The summed E-state index contributed by atoms with van der Waals surface area (Å²) in [5.74, 6) is 2.04. The Bertz CT molecular complexity index is 520. The van der Waals surface area contributed by atoms with Crippen LogP contribution >= 0.6 is 24.0 Å². The van der Waals surface area contributed by atoms with Gasteiger partial charge in [0.2, 0.25) is 0 Å². The maximum Gasteiger partial charge on any atom is 0.191 e. The molecule has 6 nitrogen and oxygen atoms in total. The Labute approximate surface area is 155 Å². The van der Waals surface area contributed by atoms with Crippen molar-refractivity contribution in [2.24, 2.45) is 10.4 Å². The van der Waals surface area contributed by atoms with Crippen LogP contribution in [-0.2, 0) is 13.0 Å². The van der Waals surface area contributed by atoms with Gasteiger partial charge in [-0.25, -0.2) is 9.67 Å². The summed E-state index contributed by atoms with van der Waals surface area (Å²) >= 11 is 0. The summed E-state index contributed by atoms with van der Waals surface area (Å²) in [5, 5.41) is 11.2. The topological polar surface area (TPSA) is 67.1 Å². The summed E-state index contributed by atoms with van der Waals surface area (Å²) in [6.45, 7) is 7.17. The predicted octanol–water partition coefficient (Wildman–Crippen LogP) is 2.35. The summed E-state index contributed by atoms with van der Waals surface area (Å²) in [4.78, 5) is 9.14. The number of hydrogen-bond acceptors (Lipinski definition) is 3. The number of nitrogens with zero attached hydrogens (tertiary/aromatic N) is 4. The van der Waals surface area contributed by atoms with Crippen molar-refractivity contribution in [2.75, 3.05) is 13.1 Å². The third kappa shape index (κ3) is 4.81. The maximum absolute atomic E-state index is 4.85. The van der Waals surface area contributed by atoms with Crippen LogP contribution in [0.25, 0.3) is 0 Å². The van der Waals surface area contributed by atoms with E-state index in [1.54, 1.807) is 6.33 Å². The highest BCUT2D eigenvalue weighted by atomic mass is 127. The Morgan fingerprint density at radius 1 is 1.43 bits per heavy atom. The quantitative estimate of drug-likeness (QED) is 0.436. The molecule has 1 aromatic heterocycles. The normalized spacial score (nSPS) is 23.0. The Morgan fingerprint density at radius 2 is 2.22 bits per heavy atom. The van der Waals surface area contributed by atoms with Gasteiger partial charge in [0.05, 0.1) is 6.54 Å². The van der Waals surface area contributed by atoms with E-state index in [1.165, 1.54) is 25.7 Å². The number of rotatable bonds is 4. The Balaban J connectivity index is 0.00000192. The van der Waals surface area contributed by atoms with E-state index in [0.717, 1.165) is 44.3 Å². The molecular formula is C16H29IN6. The first-order valence-electron chi connectivity index (χ1n) is 8.60. The highest BCUT2D eigenvalue weighted by Gasteiger charge is 2.28. The molecule has 1 aliphatic carbocycles. The van der Waals surface area contributed by atoms with Crippen LogP contribution in [0.4, 0.5) is 0 Å². The molecule has 0 amide bonds. The van der Waals surface area contributed by atoms with Gasteiger partial charge in [0, 0.05) is 25.6 Å². The van der Waals surface area contributed by atoms with Crippen molar-refractivity contribution in [1.29, 1.82) is 0 Å². The van der Waals surface area contributed by atoms with Gasteiger partial charge in [-0.3, -0.25) is 4.99 Å².